The van der Waals surface area contributed by atoms with Crippen LogP contribution in [0.1, 0.15) is 69.7 Å². The van der Waals surface area contributed by atoms with Crippen molar-refractivity contribution < 1.29 is 37.3 Å². The van der Waals surface area contributed by atoms with Crippen LogP contribution in [-0.2, 0) is 29.0 Å². The molecule has 13 heteroatoms. The van der Waals surface area contributed by atoms with E-state index in [-0.39, 0.29) is 11.9 Å². The first-order chi connectivity index (χ1) is 26.6. The molecule has 0 unspecified atom stereocenters. The van der Waals surface area contributed by atoms with Crippen molar-refractivity contribution in [3.63, 3.8) is 0 Å². The average Bonchev–Trinajstić information content (AvgIpc) is 3.79. The number of nitrogens with zero attached hydrogens (tertiary/aromatic N) is 5. The molecule has 0 saturated carbocycles. The van der Waals surface area contributed by atoms with Crippen molar-refractivity contribution >= 4 is 33.7 Å². The Hall–Kier alpha value is -5.17. The number of halogens is 2. The molecule has 7 rings (SSSR count). The van der Waals surface area contributed by atoms with E-state index in [1.807, 2.05) is 71.2 Å². The molecule has 0 bridgehead atoms. The predicted molar refractivity (Wildman–Crippen MR) is 210 cm³/mol. The van der Waals surface area contributed by atoms with Gasteiger partial charge in [-0.15, -0.1) is 0 Å². The second-order valence-corrected chi connectivity index (χ2v) is 16.5. The van der Waals surface area contributed by atoms with Crippen LogP contribution in [0.5, 0.6) is 11.6 Å². The second-order valence-electron chi connectivity index (χ2n) is 16.5. The molecule has 0 N–H and O–H groups in total. The molecule has 298 valence electrons. The molecular formula is C43H51F2N5O6. The number of rotatable bonds is 10. The number of hydrogen-bond donors (Lipinski definition) is 0. The van der Waals surface area contributed by atoms with E-state index in [0.29, 0.717) is 112 Å². The summed E-state index contributed by atoms with van der Waals surface area (Å²) in [5.74, 6) is -0.130. The molecule has 2 aliphatic rings. The quantitative estimate of drug-likeness (QED) is 0.104. The molecule has 0 atom stereocenters. The fourth-order valence-electron chi connectivity index (χ4n) is 7.65. The molecule has 0 radical (unpaired) electrons. The van der Waals surface area contributed by atoms with Crippen LogP contribution in [0.15, 0.2) is 48.5 Å². The highest BCUT2D eigenvalue weighted by molar-refractivity contribution is 6.05. The van der Waals surface area contributed by atoms with Crippen molar-refractivity contribution in [2.24, 2.45) is 0 Å². The number of aromatic nitrogens is 3. The largest absolute Gasteiger partial charge is 0.493 e. The number of ether oxygens (including phenoxy) is 4. The predicted octanol–water partition coefficient (Wildman–Crippen LogP) is 8.16. The molecule has 2 aromatic heterocycles. The van der Waals surface area contributed by atoms with E-state index in [2.05, 4.69) is 10.00 Å². The summed E-state index contributed by atoms with van der Waals surface area (Å²) in [5, 5.41) is 6.95. The summed E-state index contributed by atoms with van der Waals surface area (Å²) < 4.78 is 58.0. The number of amides is 1. The van der Waals surface area contributed by atoms with Gasteiger partial charge in [-0.2, -0.15) is 5.10 Å². The third-order valence-corrected chi connectivity index (χ3v) is 10.0. The Morgan fingerprint density at radius 2 is 1.59 bits per heavy atom. The van der Waals surface area contributed by atoms with Crippen molar-refractivity contribution in [1.82, 2.24) is 24.1 Å². The second kappa shape index (κ2) is 15.4. The van der Waals surface area contributed by atoms with Gasteiger partial charge in [-0.3, -0.25) is 4.90 Å². The van der Waals surface area contributed by atoms with Crippen LogP contribution in [0.4, 0.5) is 13.6 Å². The summed E-state index contributed by atoms with van der Waals surface area (Å²) >= 11 is 0. The average molecular weight is 772 g/mol. The first-order valence-electron chi connectivity index (χ1n) is 19.4. The van der Waals surface area contributed by atoms with E-state index in [4.69, 9.17) is 18.9 Å². The van der Waals surface area contributed by atoms with E-state index in [0.717, 1.165) is 21.7 Å². The number of carbonyl (C=O) groups excluding carboxylic acids is 2. The minimum Gasteiger partial charge on any atom is -0.493 e. The standard InChI is InChI=1S/C43H51F2N5O6/c1-27-35(39-50(46-27)23-25-54-39)36-33(45)16-15-32-31(11-9-24-53-34-12-8-10-28-26-29(44)13-14-30(28)34)38(40(51)55-42(2,3)4)49(37(32)36)22-19-47-17-20-48(21-18-47)41(52)56-43(5,6)7/h8,10,12-16,26H,9,11,17-25H2,1-7H3. The highest BCUT2D eigenvalue weighted by Gasteiger charge is 2.33. The molecule has 0 spiro atoms. The summed E-state index contributed by atoms with van der Waals surface area (Å²) in [6.45, 7) is 17.3. The molecule has 2 aliphatic heterocycles. The first-order valence-corrected chi connectivity index (χ1v) is 19.4. The topological polar surface area (TPSA) is 100 Å². The van der Waals surface area contributed by atoms with Gasteiger partial charge in [-0.05, 0) is 109 Å². The van der Waals surface area contributed by atoms with Crippen molar-refractivity contribution in [3.8, 4) is 22.8 Å². The zero-order valence-electron chi connectivity index (χ0n) is 33.3. The monoisotopic (exact) mass is 771 g/mol. The Morgan fingerprint density at radius 3 is 2.32 bits per heavy atom. The van der Waals surface area contributed by atoms with E-state index in [9.17, 15) is 14.0 Å². The zero-order chi connectivity index (χ0) is 39.9. The van der Waals surface area contributed by atoms with Gasteiger partial charge in [0.25, 0.3) is 0 Å². The van der Waals surface area contributed by atoms with Gasteiger partial charge in [0, 0.05) is 55.6 Å². The number of aryl methyl sites for hydroxylation is 2. The Kier molecular flexibility index (Phi) is 10.7. The van der Waals surface area contributed by atoms with Gasteiger partial charge < -0.3 is 28.4 Å². The van der Waals surface area contributed by atoms with Gasteiger partial charge in [0.1, 0.15) is 40.9 Å². The maximum atomic E-state index is 16.5. The minimum atomic E-state index is -0.795. The number of fused-ring (bicyclic) bond motifs is 3. The number of piperazine rings is 1. The molecule has 56 heavy (non-hydrogen) atoms. The fourth-order valence-corrected chi connectivity index (χ4v) is 7.65. The van der Waals surface area contributed by atoms with Crippen molar-refractivity contribution in [1.29, 1.82) is 0 Å². The summed E-state index contributed by atoms with van der Waals surface area (Å²) in [7, 11) is 0. The van der Waals surface area contributed by atoms with Crippen LogP contribution in [0.2, 0.25) is 0 Å². The fraction of sp³-hybridized carbons (Fsp3) is 0.465. The van der Waals surface area contributed by atoms with Gasteiger partial charge >= 0.3 is 12.1 Å². The molecule has 5 aromatic rings. The van der Waals surface area contributed by atoms with Gasteiger partial charge in [0.15, 0.2) is 0 Å². The lowest BCUT2D eigenvalue weighted by Crippen LogP contribution is -2.50. The lowest BCUT2D eigenvalue weighted by atomic mass is 9.99. The highest BCUT2D eigenvalue weighted by Crippen LogP contribution is 2.43. The number of esters is 1. The van der Waals surface area contributed by atoms with Gasteiger partial charge in [0.05, 0.1) is 29.9 Å². The van der Waals surface area contributed by atoms with Gasteiger partial charge in [-0.25, -0.2) is 23.1 Å². The Labute approximate surface area is 326 Å². The Bertz CT molecular complexity index is 2280. The van der Waals surface area contributed by atoms with Crippen LogP contribution < -0.4 is 9.47 Å². The third-order valence-electron chi connectivity index (χ3n) is 10.0. The van der Waals surface area contributed by atoms with Gasteiger partial charge in [0.2, 0.25) is 5.88 Å². The molecule has 1 amide bonds. The van der Waals surface area contributed by atoms with Crippen LogP contribution in [0.25, 0.3) is 32.8 Å². The molecule has 1 fully saturated rings. The van der Waals surface area contributed by atoms with Crippen molar-refractivity contribution in [2.75, 3.05) is 45.9 Å². The lowest BCUT2D eigenvalue weighted by molar-refractivity contribution is 0.00509. The minimum absolute atomic E-state index is 0.316. The number of carbonyl (C=O) groups is 2. The van der Waals surface area contributed by atoms with Crippen LogP contribution in [0, 0.1) is 18.6 Å². The third kappa shape index (κ3) is 8.18. The van der Waals surface area contributed by atoms with E-state index < -0.39 is 23.0 Å². The SMILES string of the molecule is Cc1nn2c(c1-c1c(F)ccc3c(CCCOc4cccc5cc(F)ccc45)c(C(=O)OC(C)(C)C)n(CCN4CCN(C(=O)OC(C)(C)C)CC4)c13)OCC2. The van der Waals surface area contributed by atoms with Crippen LogP contribution >= 0.6 is 0 Å². The van der Waals surface area contributed by atoms with Crippen LogP contribution in [-0.4, -0.2) is 93.3 Å². The molecule has 4 heterocycles. The van der Waals surface area contributed by atoms with E-state index in [1.54, 1.807) is 21.7 Å². The Balaban J connectivity index is 1.26. The van der Waals surface area contributed by atoms with Crippen molar-refractivity contribution in [2.45, 2.75) is 85.6 Å². The smallest absolute Gasteiger partial charge is 0.410 e. The molecule has 3 aromatic carbocycles. The summed E-state index contributed by atoms with van der Waals surface area (Å²) in [4.78, 5) is 31.1. The zero-order valence-corrected chi connectivity index (χ0v) is 33.3. The van der Waals surface area contributed by atoms with E-state index >= 15 is 4.39 Å². The lowest BCUT2D eigenvalue weighted by Gasteiger charge is -2.35. The van der Waals surface area contributed by atoms with Crippen LogP contribution in [0.3, 0.4) is 0 Å². The summed E-state index contributed by atoms with van der Waals surface area (Å²) in [6.07, 6.45) is 0.616. The summed E-state index contributed by atoms with van der Waals surface area (Å²) in [6, 6.07) is 13.3. The highest BCUT2D eigenvalue weighted by atomic mass is 19.1. The first kappa shape index (κ1) is 39.1. The number of benzene rings is 3. The van der Waals surface area contributed by atoms with Crippen molar-refractivity contribution in [3.05, 3.63) is 77.1 Å². The normalized spacial score (nSPS) is 15.0. The Morgan fingerprint density at radius 1 is 0.857 bits per heavy atom. The molecule has 1 saturated heterocycles. The molecule has 11 nitrogen and oxygen atoms in total. The maximum Gasteiger partial charge on any atom is 0.410 e. The molecule has 0 aliphatic carbocycles. The molecular weight excluding hydrogens is 720 g/mol. The number of hydrogen-bond acceptors (Lipinski definition) is 8. The maximum absolute atomic E-state index is 16.5. The van der Waals surface area contributed by atoms with E-state index in [1.165, 1.54) is 18.2 Å². The summed E-state index contributed by atoms with van der Waals surface area (Å²) in [5.41, 5.74) is 1.79. The van der Waals surface area contributed by atoms with Gasteiger partial charge in [-0.1, -0.05) is 12.1 Å².